The van der Waals surface area contributed by atoms with Crippen LogP contribution in [-0.2, 0) is 10.0 Å². The number of nitrogens with one attached hydrogen (secondary N) is 1. The molecule has 0 aromatic heterocycles. The van der Waals surface area contributed by atoms with Crippen LogP contribution in [0.5, 0.6) is 0 Å². The molecule has 20 heavy (non-hydrogen) atoms. The van der Waals surface area contributed by atoms with E-state index in [1.807, 2.05) is 0 Å². The van der Waals surface area contributed by atoms with Crippen LogP contribution in [0.2, 0.25) is 10.0 Å². The van der Waals surface area contributed by atoms with Gasteiger partial charge in [0.2, 0.25) is 0 Å². The number of sulfonamides is 1. The van der Waals surface area contributed by atoms with E-state index in [1.165, 1.54) is 18.2 Å². The third-order valence-electron chi connectivity index (χ3n) is 2.40. The molecule has 0 aliphatic carbocycles. The van der Waals surface area contributed by atoms with E-state index in [2.05, 4.69) is 36.6 Å². The van der Waals surface area contributed by atoms with Crippen LogP contribution in [0, 0.1) is 0 Å². The summed E-state index contributed by atoms with van der Waals surface area (Å²) in [4.78, 5) is 0.0978. The van der Waals surface area contributed by atoms with E-state index in [9.17, 15) is 8.42 Å². The number of hydrogen-bond donors (Lipinski definition) is 1. The molecule has 1 N–H and O–H groups in total. The number of anilines is 1. The average molecular weight is 460 g/mol. The maximum absolute atomic E-state index is 12.3. The van der Waals surface area contributed by atoms with Gasteiger partial charge in [0, 0.05) is 4.47 Å². The molecule has 2 rings (SSSR count). The summed E-state index contributed by atoms with van der Waals surface area (Å²) in [5.41, 5.74) is 0.364. The zero-order valence-corrected chi connectivity index (χ0v) is 15.2. The van der Waals surface area contributed by atoms with E-state index in [4.69, 9.17) is 23.2 Å². The predicted octanol–water partition coefficient (Wildman–Crippen LogP) is 5.32. The normalized spacial score (nSPS) is 11.4. The van der Waals surface area contributed by atoms with Gasteiger partial charge in [0.15, 0.2) is 0 Å². The number of hydrogen-bond acceptors (Lipinski definition) is 2. The van der Waals surface area contributed by atoms with E-state index < -0.39 is 10.0 Å². The maximum atomic E-state index is 12.3. The first kappa shape index (κ1) is 16.1. The summed E-state index contributed by atoms with van der Waals surface area (Å²) in [6, 6.07) is 9.29. The number of halogens is 4. The first-order valence-electron chi connectivity index (χ1n) is 5.23. The Bertz CT molecular complexity index is 766. The zero-order valence-electron chi connectivity index (χ0n) is 9.70. The quantitative estimate of drug-likeness (QED) is 0.675. The van der Waals surface area contributed by atoms with Crippen molar-refractivity contribution in [3.8, 4) is 0 Å². The molecule has 0 saturated carbocycles. The molecule has 0 amide bonds. The molecular formula is C12H7Br2Cl2NO2S. The highest BCUT2D eigenvalue weighted by Crippen LogP contribution is 2.32. The summed E-state index contributed by atoms with van der Waals surface area (Å²) in [7, 11) is -3.72. The first-order valence-corrected chi connectivity index (χ1v) is 9.05. The lowest BCUT2D eigenvalue weighted by Gasteiger charge is -2.11. The van der Waals surface area contributed by atoms with Gasteiger partial charge in [0.05, 0.1) is 25.1 Å². The summed E-state index contributed by atoms with van der Waals surface area (Å²) < 4.78 is 28.0. The number of rotatable bonds is 3. The molecule has 0 saturated heterocycles. The standard InChI is InChI=1S/C12H7Br2Cl2NO2S/c13-8-6-7(4-5-9(8)15)20(18,19)17-11-3-1-2-10(16)12(11)14/h1-6,17H. The second-order valence-corrected chi connectivity index (χ2v) is 7.93. The van der Waals surface area contributed by atoms with Crippen molar-refractivity contribution in [1.29, 1.82) is 0 Å². The predicted molar refractivity (Wildman–Crippen MR) is 89.1 cm³/mol. The van der Waals surface area contributed by atoms with Crippen LogP contribution in [0.1, 0.15) is 0 Å². The molecule has 0 aliphatic rings. The minimum absolute atomic E-state index is 0.0978. The van der Waals surface area contributed by atoms with E-state index in [-0.39, 0.29) is 4.90 Å². The molecular weight excluding hydrogens is 453 g/mol. The molecule has 0 radical (unpaired) electrons. The SMILES string of the molecule is O=S(=O)(Nc1cccc(Cl)c1Br)c1ccc(Cl)c(Br)c1. The Morgan fingerprint density at radius 3 is 2.35 bits per heavy atom. The third-order valence-corrected chi connectivity index (χ3v) is 6.37. The van der Waals surface area contributed by atoms with E-state index in [0.717, 1.165) is 0 Å². The lowest BCUT2D eigenvalue weighted by molar-refractivity contribution is 0.601. The molecule has 0 heterocycles. The van der Waals surface area contributed by atoms with E-state index in [0.29, 0.717) is 24.7 Å². The molecule has 0 bridgehead atoms. The Kier molecular flexibility index (Phi) is 5.02. The molecule has 0 spiro atoms. The molecule has 3 nitrogen and oxygen atoms in total. The highest BCUT2D eigenvalue weighted by Gasteiger charge is 2.17. The molecule has 0 aliphatic heterocycles. The average Bonchev–Trinajstić information content (AvgIpc) is 2.38. The Hall–Kier alpha value is -0.270. The van der Waals surface area contributed by atoms with Crippen molar-refractivity contribution in [2.45, 2.75) is 4.90 Å². The largest absolute Gasteiger partial charge is 0.278 e. The Morgan fingerprint density at radius 2 is 1.70 bits per heavy atom. The number of benzene rings is 2. The minimum Gasteiger partial charge on any atom is -0.278 e. The Labute approximate surface area is 143 Å². The monoisotopic (exact) mass is 457 g/mol. The molecule has 0 unspecified atom stereocenters. The molecule has 0 fully saturated rings. The topological polar surface area (TPSA) is 46.2 Å². The first-order chi connectivity index (χ1) is 9.31. The minimum atomic E-state index is -3.72. The highest BCUT2D eigenvalue weighted by atomic mass is 79.9. The van der Waals surface area contributed by atoms with Gasteiger partial charge in [-0.1, -0.05) is 29.3 Å². The van der Waals surface area contributed by atoms with Gasteiger partial charge in [0.25, 0.3) is 10.0 Å². The van der Waals surface area contributed by atoms with Crippen molar-refractivity contribution in [3.63, 3.8) is 0 Å². The highest BCUT2D eigenvalue weighted by molar-refractivity contribution is 9.11. The summed E-state index contributed by atoms with van der Waals surface area (Å²) in [6.45, 7) is 0. The molecule has 2 aromatic carbocycles. The van der Waals surface area contributed by atoms with Gasteiger partial charge in [-0.25, -0.2) is 8.42 Å². The van der Waals surface area contributed by atoms with Crippen molar-refractivity contribution >= 4 is 70.8 Å². The van der Waals surface area contributed by atoms with Gasteiger partial charge in [-0.15, -0.1) is 0 Å². The Morgan fingerprint density at radius 1 is 1.00 bits per heavy atom. The van der Waals surface area contributed by atoms with Crippen LogP contribution >= 0.6 is 55.1 Å². The van der Waals surface area contributed by atoms with Crippen LogP contribution in [0.15, 0.2) is 50.2 Å². The van der Waals surface area contributed by atoms with Crippen molar-refractivity contribution in [3.05, 3.63) is 55.4 Å². The van der Waals surface area contributed by atoms with Crippen molar-refractivity contribution in [2.24, 2.45) is 0 Å². The summed E-state index contributed by atoms with van der Waals surface area (Å²) >= 11 is 18.2. The fraction of sp³-hybridized carbons (Fsp3) is 0. The molecule has 2 aromatic rings. The molecule has 106 valence electrons. The summed E-state index contributed by atoms with van der Waals surface area (Å²) in [5.74, 6) is 0. The van der Waals surface area contributed by atoms with Gasteiger partial charge >= 0.3 is 0 Å². The van der Waals surface area contributed by atoms with Crippen molar-refractivity contribution in [2.75, 3.05) is 4.72 Å². The lowest BCUT2D eigenvalue weighted by atomic mass is 10.3. The van der Waals surface area contributed by atoms with Gasteiger partial charge in [-0.05, 0) is 62.2 Å². The van der Waals surface area contributed by atoms with Gasteiger partial charge < -0.3 is 0 Å². The van der Waals surface area contributed by atoms with E-state index in [1.54, 1.807) is 18.2 Å². The fourth-order valence-corrected chi connectivity index (χ4v) is 3.85. The van der Waals surface area contributed by atoms with Crippen LogP contribution in [0.4, 0.5) is 5.69 Å². The van der Waals surface area contributed by atoms with Crippen LogP contribution < -0.4 is 4.72 Å². The smallest absolute Gasteiger partial charge is 0.261 e. The third kappa shape index (κ3) is 3.49. The van der Waals surface area contributed by atoms with E-state index >= 15 is 0 Å². The lowest BCUT2D eigenvalue weighted by Crippen LogP contribution is -2.13. The maximum Gasteiger partial charge on any atom is 0.261 e. The molecule has 0 atom stereocenters. The molecule has 8 heteroatoms. The second kappa shape index (κ2) is 6.23. The van der Waals surface area contributed by atoms with Gasteiger partial charge in [-0.2, -0.15) is 0 Å². The van der Waals surface area contributed by atoms with Crippen molar-refractivity contribution < 1.29 is 8.42 Å². The summed E-state index contributed by atoms with van der Waals surface area (Å²) in [5, 5.41) is 0.857. The zero-order chi connectivity index (χ0) is 14.9. The Balaban J connectivity index is 2.41. The van der Waals surface area contributed by atoms with Crippen LogP contribution in [0.25, 0.3) is 0 Å². The van der Waals surface area contributed by atoms with Gasteiger partial charge in [0.1, 0.15) is 0 Å². The summed E-state index contributed by atoms with van der Waals surface area (Å²) in [6.07, 6.45) is 0. The van der Waals surface area contributed by atoms with Gasteiger partial charge in [-0.3, -0.25) is 4.72 Å². The van der Waals surface area contributed by atoms with Crippen LogP contribution in [-0.4, -0.2) is 8.42 Å². The van der Waals surface area contributed by atoms with Crippen LogP contribution in [0.3, 0.4) is 0 Å². The van der Waals surface area contributed by atoms with Crippen molar-refractivity contribution in [1.82, 2.24) is 0 Å². The second-order valence-electron chi connectivity index (χ2n) is 3.78. The fourth-order valence-electron chi connectivity index (χ4n) is 1.43.